The molecule has 5 heteroatoms. The van der Waals surface area contributed by atoms with Crippen molar-refractivity contribution in [3.8, 4) is 10.6 Å². The van der Waals surface area contributed by atoms with Gasteiger partial charge in [-0.2, -0.15) is 0 Å². The van der Waals surface area contributed by atoms with Gasteiger partial charge in [-0.15, -0.1) is 10.2 Å². The van der Waals surface area contributed by atoms with Gasteiger partial charge >= 0.3 is 0 Å². The maximum absolute atomic E-state index is 13.2. The average Bonchev–Trinajstić information content (AvgIpc) is 2.57. The van der Waals surface area contributed by atoms with Crippen LogP contribution in [0.2, 0.25) is 0 Å². The first-order chi connectivity index (χ1) is 6.68. The second-order valence-electron chi connectivity index (χ2n) is 2.77. The third-order valence-corrected chi connectivity index (χ3v) is 3.29. The van der Waals surface area contributed by atoms with Crippen LogP contribution in [0, 0.1) is 12.7 Å². The van der Waals surface area contributed by atoms with Crippen LogP contribution in [0.25, 0.3) is 10.6 Å². The van der Waals surface area contributed by atoms with E-state index < -0.39 is 0 Å². The predicted octanol–water partition coefficient (Wildman–Crippen LogP) is 3.42. The molecule has 2 nitrogen and oxygen atoms in total. The van der Waals surface area contributed by atoms with Gasteiger partial charge in [0.15, 0.2) is 3.92 Å². The fraction of sp³-hybridized carbons (Fsp3) is 0.111. The van der Waals surface area contributed by atoms with Gasteiger partial charge in [0, 0.05) is 5.56 Å². The summed E-state index contributed by atoms with van der Waals surface area (Å²) < 4.78 is 13.9. The summed E-state index contributed by atoms with van der Waals surface area (Å²) in [7, 11) is 0. The van der Waals surface area contributed by atoms with Crippen molar-refractivity contribution in [3.63, 3.8) is 0 Å². The van der Waals surface area contributed by atoms with Crippen LogP contribution in [0.4, 0.5) is 4.39 Å². The molecule has 0 saturated carbocycles. The Labute approximate surface area is 92.9 Å². The number of hydrogen-bond acceptors (Lipinski definition) is 3. The Morgan fingerprint density at radius 1 is 1.36 bits per heavy atom. The van der Waals surface area contributed by atoms with Gasteiger partial charge in [-0.1, -0.05) is 23.5 Å². The zero-order valence-corrected chi connectivity index (χ0v) is 9.69. The molecule has 0 unspecified atom stereocenters. The highest BCUT2D eigenvalue weighted by atomic mass is 79.9. The first kappa shape index (κ1) is 9.73. The predicted molar refractivity (Wildman–Crippen MR) is 57.7 cm³/mol. The van der Waals surface area contributed by atoms with E-state index in [0.29, 0.717) is 9.48 Å². The molecule has 0 aliphatic rings. The summed E-state index contributed by atoms with van der Waals surface area (Å²) in [4.78, 5) is 0. The lowest BCUT2D eigenvalue weighted by molar-refractivity contribution is 0.619. The van der Waals surface area contributed by atoms with Crippen molar-refractivity contribution in [2.24, 2.45) is 0 Å². The van der Waals surface area contributed by atoms with Crippen LogP contribution in [-0.2, 0) is 0 Å². The normalized spacial score (nSPS) is 10.5. The van der Waals surface area contributed by atoms with Gasteiger partial charge in [0.25, 0.3) is 0 Å². The van der Waals surface area contributed by atoms with Crippen molar-refractivity contribution in [2.45, 2.75) is 6.92 Å². The summed E-state index contributed by atoms with van der Waals surface area (Å²) in [6.45, 7) is 1.74. The Balaban J connectivity index is 2.57. The minimum atomic E-state index is -0.214. The molecule has 0 N–H and O–H groups in total. The molecular formula is C9H6BrFN2S. The van der Waals surface area contributed by atoms with Crippen molar-refractivity contribution in [1.29, 1.82) is 0 Å². The highest BCUT2D eigenvalue weighted by Gasteiger charge is 2.09. The topological polar surface area (TPSA) is 25.8 Å². The summed E-state index contributed by atoms with van der Waals surface area (Å²) in [5.74, 6) is -0.214. The van der Waals surface area contributed by atoms with Crippen LogP contribution >= 0.6 is 27.3 Å². The summed E-state index contributed by atoms with van der Waals surface area (Å²) in [5, 5.41) is 8.50. The number of rotatable bonds is 1. The highest BCUT2D eigenvalue weighted by Crippen LogP contribution is 2.29. The van der Waals surface area contributed by atoms with Crippen molar-refractivity contribution in [2.75, 3.05) is 0 Å². The molecule has 0 saturated heterocycles. The third kappa shape index (κ3) is 1.69. The van der Waals surface area contributed by atoms with Crippen LogP contribution in [-0.4, -0.2) is 10.2 Å². The molecule has 1 aromatic carbocycles. The van der Waals surface area contributed by atoms with Crippen LogP contribution < -0.4 is 0 Å². The fourth-order valence-electron chi connectivity index (χ4n) is 1.15. The van der Waals surface area contributed by atoms with Gasteiger partial charge < -0.3 is 0 Å². The second kappa shape index (κ2) is 3.74. The minimum Gasteiger partial charge on any atom is -0.207 e. The Bertz CT molecular complexity index is 470. The Hall–Kier alpha value is -0.810. The van der Waals surface area contributed by atoms with Gasteiger partial charge in [-0.3, -0.25) is 0 Å². The Morgan fingerprint density at radius 2 is 2.14 bits per heavy atom. The molecule has 0 spiro atoms. The van der Waals surface area contributed by atoms with Crippen molar-refractivity contribution < 1.29 is 4.39 Å². The molecule has 2 aromatic rings. The summed E-state index contributed by atoms with van der Waals surface area (Å²) in [5.41, 5.74) is 1.41. The molecule has 0 amide bonds. The molecule has 0 atom stereocenters. The van der Waals surface area contributed by atoms with Crippen molar-refractivity contribution >= 4 is 27.3 Å². The van der Waals surface area contributed by atoms with Gasteiger partial charge in [0.05, 0.1) is 0 Å². The first-order valence-corrected chi connectivity index (χ1v) is 5.54. The van der Waals surface area contributed by atoms with Crippen molar-refractivity contribution in [3.05, 3.63) is 33.5 Å². The maximum Gasteiger partial charge on any atom is 0.183 e. The lowest BCUT2D eigenvalue weighted by Gasteiger charge is -2.01. The molecule has 0 aliphatic heterocycles. The van der Waals surface area contributed by atoms with Crippen molar-refractivity contribution in [1.82, 2.24) is 10.2 Å². The van der Waals surface area contributed by atoms with Gasteiger partial charge in [0.1, 0.15) is 10.8 Å². The molecule has 1 aromatic heterocycles. The molecule has 72 valence electrons. The summed E-state index contributed by atoms with van der Waals surface area (Å²) in [6, 6.07) is 4.95. The smallest absolute Gasteiger partial charge is 0.183 e. The lowest BCUT2D eigenvalue weighted by atomic mass is 10.1. The average molecular weight is 273 g/mol. The summed E-state index contributed by atoms with van der Waals surface area (Å²) in [6.07, 6.45) is 0. The Morgan fingerprint density at radius 3 is 2.79 bits per heavy atom. The number of benzene rings is 1. The monoisotopic (exact) mass is 272 g/mol. The van der Waals surface area contributed by atoms with E-state index in [-0.39, 0.29) is 5.82 Å². The number of hydrogen-bond donors (Lipinski definition) is 0. The van der Waals surface area contributed by atoms with E-state index in [4.69, 9.17) is 0 Å². The molecular weight excluding hydrogens is 267 g/mol. The SMILES string of the molecule is Cc1c(F)cccc1-c1nnc(Br)s1. The molecule has 2 rings (SSSR count). The molecule has 0 bridgehead atoms. The molecule has 0 fully saturated rings. The lowest BCUT2D eigenvalue weighted by Crippen LogP contribution is -1.86. The molecule has 0 radical (unpaired) electrons. The largest absolute Gasteiger partial charge is 0.207 e. The molecule has 1 heterocycles. The van der Waals surface area contributed by atoms with Crippen LogP contribution in [0.15, 0.2) is 22.1 Å². The van der Waals surface area contributed by atoms with Crippen LogP contribution in [0.3, 0.4) is 0 Å². The van der Waals surface area contributed by atoms with Gasteiger partial charge in [0.2, 0.25) is 0 Å². The molecule has 0 aliphatic carbocycles. The number of nitrogens with zero attached hydrogens (tertiary/aromatic N) is 2. The van der Waals surface area contributed by atoms with E-state index >= 15 is 0 Å². The van der Waals surface area contributed by atoms with E-state index in [1.165, 1.54) is 17.4 Å². The van der Waals surface area contributed by atoms with E-state index in [0.717, 1.165) is 10.6 Å². The zero-order valence-electron chi connectivity index (χ0n) is 7.29. The van der Waals surface area contributed by atoms with Gasteiger partial charge in [-0.05, 0) is 34.5 Å². The number of aromatic nitrogens is 2. The summed E-state index contributed by atoms with van der Waals surface area (Å²) >= 11 is 4.62. The minimum absolute atomic E-state index is 0.214. The maximum atomic E-state index is 13.2. The number of halogens is 2. The highest BCUT2D eigenvalue weighted by molar-refractivity contribution is 9.11. The van der Waals surface area contributed by atoms with E-state index in [1.807, 2.05) is 6.07 Å². The van der Waals surface area contributed by atoms with Crippen LogP contribution in [0.5, 0.6) is 0 Å². The van der Waals surface area contributed by atoms with Gasteiger partial charge in [-0.25, -0.2) is 4.39 Å². The van der Waals surface area contributed by atoms with Crippen LogP contribution in [0.1, 0.15) is 5.56 Å². The zero-order chi connectivity index (χ0) is 10.1. The molecule has 14 heavy (non-hydrogen) atoms. The quantitative estimate of drug-likeness (QED) is 0.795. The second-order valence-corrected chi connectivity index (χ2v) is 5.03. The van der Waals surface area contributed by atoms with E-state index in [2.05, 4.69) is 26.1 Å². The van der Waals surface area contributed by atoms with E-state index in [9.17, 15) is 4.39 Å². The standard InChI is InChI=1S/C9H6BrFN2S/c1-5-6(3-2-4-7(5)11)8-12-13-9(10)14-8/h2-4H,1H3. The first-order valence-electron chi connectivity index (χ1n) is 3.93. The third-order valence-electron chi connectivity index (χ3n) is 1.90. The van der Waals surface area contributed by atoms with E-state index in [1.54, 1.807) is 13.0 Å². The fourth-order valence-corrected chi connectivity index (χ4v) is 2.35. The Kier molecular flexibility index (Phi) is 2.60.